The first-order chi connectivity index (χ1) is 14.2. The lowest BCUT2D eigenvalue weighted by Crippen LogP contribution is -2.32. The molecule has 1 N–H and O–H groups in total. The summed E-state index contributed by atoms with van der Waals surface area (Å²) < 4.78 is 1.95. The fraction of sp³-hybridized carbons (Fsp3) is 0.300. The molecule has 1 aliphatic rings. The van der Waals surface area contributed by atoms with E-state index >= 15 is 0 Å². The van der Waals surface area contributed by atoms with Crippen molar-refractivity contribution in [3.8, 4) is 11.3 Å². The quantitative estimate of drug-likeness (QED) is 0.587. The molecule has 3 heterocycles. The maximum Gasteiger partial charge on any atom is 0.246 e. The minimum atomic E-state index is -0.220. The number of nitrogens with zero attached hydrogens (tertiary/aromatic N) is 4. The highest BCUT2D eigenvalue weighted by Gasteiger charge is 2.27. The molecule has 0 aliphatic carbocycles. The van der Waals surface area contributed by atoms with Crippen molar-refractivity contribution < 1.29 is 9.59 Å². The summed E-state index contributed by atoms with van der Waals surface area (Å²) in [6, 6.07) is 9.95. The third-order valence-electron chi connectivity index (χ3n) is 4.56. The van der Waals surface area contributed by atoms with Gasteiger partial charge in [-0.05, 0) is 6.42 Å². The van der Waals surface area contributed by atoms with Gasteiger partial charge in [-0.25, -0.2) is 10.4 Å². The van der Waals surface area contributed by atoms with Crippen molar-refractivity contribution in [1.82, 2.24) is 19.7 Å². The molecule has 0 saturated carbocycles. The molecule has 150 valence electrons. The van der Waals surface area contributed by atoms with E-state index in [0.29, 0.717) is 17.5 Å². The summed E-state index contributed by atoms with van der Waals surface area (Å²) in [7, 11) is 0. The SMILES string of the molecule is CCCCN1C(=O)CS/C1=N\NC(=O)Cc1csc2nc(-c3ccccc3)cn12. The Morgan fingerprint density at radius 1 is 1.31 bits per heavy atom. The standard InChI is InChI=1S/C20H21N5O2S2/c1-2-3-9-24-18(27)13-29-20(24)23-22-17(26)10-15-12-28-19-21-16(11-25(15)19)14-7-5-4-6-8-14/h4-8,11-12H,2-3,9-10,13H2,1H3,(H,22,26)/b23-20-. The van der Waals surface area contributed by atoms with Crippen molar-refractivity contribution in [2.24, 2.45) is 5.10 Å². The molecule has 7 nitrogen and oxygen atoms in total. The van der Waals surface area contributed by atoms with Crippen LogP contribution in [0.25, 0.3) is 16.2 Å². The molecule has 9 heteroatoms. The first kappa shape index (κ1) is 19.7. The maximum atomic E-state index is 12.4. The number of hydrogen-bond acceptors (Lipinski definition) is 6. The molecule has 0 bridgehead atoms. The fourth-order valence-electron chi connectivity index (χ4n) is 3.04. The zero-order chi connectivity index (χ0) is 20.2. The summed E-state index contributed by atoms with van der Waals surface area (Å²) in [5.41, 5.74) is 5.38. The van der Waals surface area contributed by atoms with E-state index in [2.05, 4.69) is 22.4 Å². The molecule has 0 spiro atoms. The monoisotopic (exact) mass is 427 g/mol. The number of carbonyl (C=O) groups excluding carboxylic acids is 2. The molecular weight excluding hydrogens is 406 g/mol. The van der Waals surface area contributed by atoms with Crippen LogP contribution in [0.3, 0.4) is 0 Å². The number of hydrogen-bond donors (Lipinski definition) is 1. The number of nitrogens with one attached hydrogen (secondary N) is 1. The van der Waals surface area contributed by atoms with E-state index in [1.54, 1.807) is 4.90 Å². The lowest BCUT2D eigenvalue weighted by molar-refractivity contribution is -0.124. The first-order valence-electron chi connectivity index (χ1n) is 9.46. The zero-order valence-corrected chi connectivity index (χ0v) is 17.6. The van der Waals surface area contributed by atoms with Crippen molar-refractivity contribution in [1.29, 1.82) is 0 Å². The molecule has 0 unspecified atom stereocenters. The van der Waals surface area contributed by atoms with Crippen molar-refractivity contribution in [3.05, 3.63) is 47.6 Å². The smallest absolute Gasteiger partial charge is 0.246 e. The van der Waals surface area contributed by atoms with Crippen LogP contribution in [0.4, 0.5) is 0 Å². The lowest BCUT2D eigenvalue weighted by atomic mass is 10.2. The largest absolute Gasteiger partial charge is 0.294 e. The molecule has 0 atom stereocenters. The first-order valence-corrected chi connectivity index (χ1v) is 11.3. The van der Waals surface area contributed by atoms with Gasteiger partial charge in [0, 0.05) is 29.4 Å². The number of carbonyl (C=O) groups is 2. The van der Waals surface area contributed by atoms with E-state index in [1.165, 1.54) is 23.1 Å². The normalized spacial score (nSPS) is 15.6. The minimum absolute atomic E-state index is 0.0443. The van der Waals surface area contributed by atoms with Gasteiger partial charge in [0.1, 0.15) is 0 Å². The van der Waals surface area contributed by atoms with Crippen LogP contribution in [0.2, 0.25) is 0 Å². The van der Waals surface area contributed by atoms with E-state index in [4.69, 9.17) is 0 Å². The average Bonchev–Trinajstić information content (AvgIpc) is 3.41. The number of fused-ring (bicyclic) bond motifs is 1. The van der Waals surface area contributed by atoms with E-state index < -0.39 is 0 Å². The minimum Gasteiger partial charge on any atom is -0.294 e. The fourth-order valence-corrected chi connectivity index (χ4v) is 4.78. The summed E-state index contributed by atoms with van der Waals surface area (Å²) in [5, 5.41) is 6.69. The molecule has 2 amide bonds. The van der Waals surface area contributed by atoms with Gasteiger partial charge in [0.25, 0.3) is 0 Å². The Kier molecular flexibility index (Phi) is 5.96. The van der Waals surface area contributed by atoms with Gasteiger partial charge in [0.2, 0.25) is 11.8 Å². The second-order valence-corrected chi connectivity index (χ2v) is 8.44. The Morgan fingerprint density at radius 2 is 2.14 bits per heavy atom. The topological polar surface area (TPSA) is 79.1 Å². The molecule has 29 heavy (non-hydrogen) atoms. The van der Waals surface area contributed by atoms with E-state index in [0.717, 1.165) is 34.8 Å². The number of imidazole rings is 1. The summed E-state index contributed by atoms with van der Waals surface area (Å²) in [5.74, 6) is 0.200. The Morgan fingerprint density at radius 3 is 2.93 bits per heavy atom. The molecule has 0 radical (unpaired) electrons. The highest BCUT2D eigenvalue weighted by atomic mass is 32.2. The van der Waals surface area contributed by atoms with Gasteiger partial charge in [0.15, 0.2) is 10.1 Å². The van der Waals surface area contributed by atoms with Crippen LogP contribution >= 0.6 is 23.1 Å². The Labute approximate surface area is 176 Å². The van der Waals surface area contributed by atoms with Crippen molar-refractivity contribution in [2.45, 2.75) is 26.2 Å². The van der Waals surface area contributed by atoms with Gasteiger partial charge < -0.3 is 0 Å². The third-order valence-corrected chi connectivity index (χ3v) is 6.41. The Hall–Kier alpha value is -2.65. The van der Waals surface area contributed by atoms with Gasteiger partial charge >= 0.3 is 0 Å². The number of hydrazone groups is 1. The van der Waals surface area contributed by atoms with E-state index in [-0.39, 0.29) is 18.2 Å². The number of amides is 2. The maximum absolute atomic E-state index is 12.4. The van der Waals surface area contributed by atoms with Crippen LogP contribution in [-0.4, -0.2) is 43.6 Å². The number of amidine groups is 1. The number of thiazole rings is 1. The summed E-state index contributed by atoms with van der Waals surface area (Å²) in [4.78, 5) is 31.5. The summed E-state index contributed by atoms with van der Waals surface area (Å²) >= 11 is 2.86. The van der Waals surface area contributed by atoms with Gasteiger partial charge in [0.05, 0.1) is 17.9 Å². The molecule has 2 aromatic heterocycles. The van der Waals surface area contributed by atoms with Crippen LogP contribution < -0.4 is 5.43 Å². The molecule has 3 aromatic rings. The van der Waals surface area contributed by atoms with Crippen LogP contribution in [-0.2, 0) is 16.0 Å². The van der Waals surface area contributed by atoms with Crippen LogP contribution in [0.5, 0.6) is 0 Å². The zero-order valence-electron chi connectivity index (χ0n) is 16.0. The average molecular weight is 428 g/mol. The van der Waals surface area contributed by atoms with E-state index in [1.807, 2.05) is 46.3 Å². The molecule has 4 rings (SSSR count). The van der Waals surface area contributed by atoms with Gasteiger partial charge in [-0.2, -0.15) is 0 Å². The van der Waals surface area contributed by atoms with Gasteiger partial charge in [-0.3, -0.25) is 18.9 Å². The summed E-state index contributed by atoms with van der Waals surface area (Å²) in [6.45, 7) is 2.71. The van der Waals surface area contributed by atoms with Crippen LogP contribution in [0.1, 0.15) is 25.5 Å². The molecule has 1 aromatic carbocycles. The number of aromatic nitrogens is 2. The molecule has 1 aliphatic heterocycles. The predicted molar refractivity (Wildman–Crippen MR) is 117 cm³/mol. The molecule has 1 saturated heterocycles. The number of rotatable bonds is 7. The van der Waals surface area contributed by atoms with Crippen molar-refractivity contribution in [3.63, 3.8) is 0 Å². The Bertz CT molecular complexity index is 1060. The van der Waals surface area contributed by atoms with Gasteiger partial charge in [-0.1, -0.05) is 55.4 Å². The molecule has 1 fully saturated rings. The third kappa shape index (κ3) is 4.35. The van der Waals surface area contributed by atoms with Crippen LogP contribution in [0.15, 0.2) is 47.0 Å². The summed E-state index contributed by atoms with van der Waals surface area (Å²) in [6.07, 6.45) is 4.05. The number of benzene rings is 1. The second kappa shape index (κ2) is 8.79. The van der Waals surface area contributed by atoms with E-state index in [9.17, 15) is 9.59 Å². The second-order valence-electron chi connectivity index (χ2n) is 6.67. The highest BCUT2D eigenvalue weighted by Crippen LogP contribution is 2.24. The van der Waals surface area contributed by atoms with Crippen molar-refractivity contribution >= 4 is 45.0 Å². The predicted octanol–water partition coefficient (Wildman–Crippen LogP) is 3.37. The van der Waals surface area contributed by atoms with Crippen LogP contribution in [0, 0.1) is 0 Å². The van der Waals surface area contributed by atoms with Gasteiger partial charge in [-0.15, -0.1) is 16.4 Å². The lowest BCUT2D eigenvalue weighted by Gasteiger charge is -2.14. The van der Waals surface area contributed by atoms with Crippen molar-refractivity contribution in [2.75, 3.05) is 12.3 Å². The molecular formula is C20H21N5O2S2. The number of unbranched alkanes of at least 4 members (excludes halogenated alkanes) is 1. The number of thioether (sulfide) groups is 1. The highest BCUT2D eigenvalue weighted by molar-refractivity contribution is 8.15. The Balaban J connectivity index is 1.44.